The minimum absolute atomic E-state index is 0. The van der Waals surface area contributed by atoms with Crippen LogP contribution in [-0.4, -0.2) is 35.2 Å². The molecule has 2 aromatic heterocycles. The Morgan fingerprint density at radius 2 is 2.00 bits per heavy atom. The number of aryl methyl sites for hydroxylation is 1. The first kappa shape index (κ1) is 15.2. The van der Waals surface area contributed by atoms with Crippen molar-refractivity contribution in [3.8, 4) is 5.75 Å². The molecule has 1 aromatic carbocycles. The van der Waals surface area contributed by atoms with Crippen LogP contribution >= 0.6 is 0 Å². The predicted octanol–water partition coefficient (Wildman–Crippen LogP) is 3.22. The highest BCUT2D eigenvalue weighted by Crippen LogP contribution is 2.29. The number of hydrogen-bond donors (Lipinski definition) is 0. The summed E-state index contributed by atoms with van der Waals surface area (Å²) >= 11 is 0. The molecule has 0 fully saturated rings. The predicted molar refractivity (Wildman–Crippen MR) is 92.8 cm³/mol. The van der Waals surface area contributed by atoms with Crippen LogP contribution in [0.4, 0.5) is 5.69 Å². The molecule has 0 saturated carbocycles. The van der Waals surface area contributed by atoms with E-state index in [4.69, 9.17) is 4.43 Å². The minimum Gasteiger partial charge on any atom is -0.541 e. The maximum atomic E-state index is 5.88. The van der Waals surface area contributed by atoms with Crippen LogP contribution in [0.1, 0.15) is 12.8 Å². The standard InChI is InChI=1S/C16H16N5OSi/c1-11-4-5-14(22-23(2)3)12(8-11)19-10-15-20-9-13-16(21-15)18-7-6-17-13/h4-10H,1-3H3/p+1. The lowest BCUT2D eigenvalue weighted by Crippen LogP contribution is -2.11. The second-order valence-electron chi connectivity index (χ2n) is 5.23. The maximum absolute atomic E-state index is 5.88. The summed E-state index contributed by atoms with van der Waals surface area (Å²) in [6.45, 7) is 6.20. The number of aliphatic imine (C=N–C) groups is 1. The molecule has 0 spiro atoms. The molecule has 23 heavy (non-hydrogen) atoms. The van der Waals surface area contributed by atoms with E-state index in [2.05, 4.69) is 38.0 Å². The van der Waals surface area contributed by atoms with Crippen LogP contribution < -0.4 is 4.43 Å². The van der Waals surface area contributed by atoms with E-state index in [1.807, 2.05) is 25.1 Å². The Morgan fingerprint density at radius 3 is 2.83 bits per heavy atom. The largest absolute Gasteiger partial charge is 1.00 e. The van der Waals surface area contributed by atoms with Crippen LogP contribution in [0.15, 0.2) is 41.8 Å². The molecule has 0 atom stereocenters. The normalized spacial score (nSPS) is 11.5. The summed E-state index contributed by atoms with van der Waals surface area (Å²) in [5, 5.41) is 0. The van der Waals surface area contributed by atoms with Gasteiger partial charge < -0.3 is 4.43 Å². The van der Waals surface area contributed by atoms with Gasteiger partial charge in [-0.15, -0.1) is 0 Å². The van der Waals surface area contributed by atoms with Gasteiger partial charge >= 0.3 is 1.43 Å². The molecule has 2 heterocycles. The van der Waals surface area contributed by atoms with Crippen LogP contribution in [0.2, 0.25) is 13.1 Å². The van der Waals surface area contributed by atoms with Gasteiger partial charge in [-0.2, -0.15) is 0 Å². The van der Waals surface area contributed by atoms with E-state index in [0.29, 0.717) is 17.0 Å². The van der Waals surface area contributed by atoms with Crippen molar-refractivity contribution in [2.75, 3.05) is 0 Å². The lowest BCUT2D eigenvalue weighted by molar-refractivity contribution is 0.582. The summed E-state index contributed by atoms with van der Waals surface area (Å²) in [7, 11) is -0.856. The first-order valence-electron chi connectivity index (χ1n) is 7.18. The highest BCUT2D eigenvalue weighted by atomic mass is 28.3. The molecule has 115 valence electrons. The van der Waals surface area contributed by atoms with Crippen molar-refractivity contribution in [3.63, 3.8) is 0 Å². The zero-order chi connectivity index (χ0) is 16.2. The third kappa shape index (κ3) is 3.75. The summed E-state index contributed by atoms with van der Waals surface area (Å²) in [5.74, 6) is 1.27. The van der Waals surface area contributed by atoms with Gasteiger partial charge in [0.05, 0.1) is 12.4 Å². The van der Waals surface area contributed by atoms with Crippen molar-refractivity contribution in [3.05, 3.63) is 48.2 Å². The van der Waals surface area contributed by atoms with Gasteiger partial charge in [0.1, 0.15) is 17.0 Å². The molecule has 6 nitrogen and oxygen atoms in total. The van der Waals surface area contributed by atoms with Crippen LogP contribution in [0.3, 0.4) is 0 Å². The van der Waals surface area contributed by atoms with Gasteiger partial charge in [0.2, 0.25) is 0 Å². The van der Waals surface area contributed by atoms with Crippen molar-refractivity contribution in [1.29, 1.82) is 0 Å². The quantitative estimate of drug-likeness (QED) is 0.544. The molecule has 0 N–H and O–H groups in total. The SMILES string of the molecule is Cc1ccc(O[Si](C)C)c(N=Cc2ncc3nccnc3n2)c1.[H+]. The fourth-order valence-electron chi connectivity index (χ4n) is 2.01. The van der Waals surface area contributed by atoms with Crippen molar-refractivity contribution < 1.29 is 5.85 Å². The highest BCUT2D eigenvalue weighted by Gasteiger charge is 2.07. The van der Waals surface area contributed by atoms with Crippen molar-refractivity contribution in [2.45, 2.75) is 20.0 Å². The van der Waals surface area contributed by atoms with E-state index in [0.717, 1.165) is 17.0 Å². The number of hydrogen-bond acceptors (Lipinski definition) is 6. The van der Waals surface area contributed by atoms with E-state index in [9.17, 15) is 0 Å². The van der Waals surface area contributed by atoms with E-state index >= 15 is 0 Å². The fourth-order valence-corrected chi connectivity index (χ4v) is 2.62. The number of rotatable bonds is 4. The molecular weight excluding hydrogens is 306 g/mol. The molecule has 0 aliphatic rings. The van der Waals surface area contributed by atoms with Gasteiger partial charge in [0.15, 0.2) is 11.5 Å². The second-order valence-corrected chi connectivity index (χ2v) is 7.25. The van der Waals surface area contributed by atoms with Gasteiger partial charge in [-0.3, -0.25) is 0 Å². The van der Waals surface area contributed by atoms with Gasteiger partial charge in [-0.05, 0) is 37.7 Å². The maximum Gasteiger partial charge on any atom is 1.00 e. The third-order valence-corrected chi connectivity index (χ3v) is 3.62. The van der Waals surface area contributed by atoms with Gasteiger partial charge in [-0.25, -0.2) is 24.9 Å². The molecule has 3 aromatic rings. The molecular formula is C16H17N5OSi+. The molecule has 7 heteroatoms. The fraction of sp³-hybridized carbons (Fsp3) is 0.188. The third-order valence-electron chi connectivity index (χ3n) is 2.99. The van der Waals surface area contributed by atoms with Gasteiger partial charge in [0, 0.05) is 12.4 Å². The Labute approximate surface area is 137 Å². The van der Waals surface area contributed by atoms with Crippen LogP contribution in [-0.2, 0) is 0 Å². The molecule has 0 aliphatic heterocycles. The zero-order valence-corrected chi connectivity index (χ0v) is 14.2. The lowest BCUT2D eigenvalue weighted by Gasteiger charge is -2.11. The summed E-state index contributed by atoms with van der Waals surface area (Å²) in [6, 6.07) is 5.95. The second kappa shape index (κ2) is 6.61. The zero-order valence-electron chi connectivity index (χ0n) is 14.2. The summed E-state index contributed by atoms with van der Waals surface area (Å²) in [6.07, 6.45) is 6.48. The van der Waals surface area contributed by atoms with E-state index in [1.165, 1.54) is 0 Å². The van der Waals surface area contributed by atoms with Crippen molar-refractivity contribution >= 4 is 32.1 Å². The Kier molecular flexibility index (Phi) is 4.38. The van der Waals surface area contributed by atoms with Gasteiger partial charge in [0.25, 0.3) is 9.04 Å². The minimum atomic E-state index is -0.856. The molecule has 0 amide bonds. The Bertz CT molecular complexity index is 872. The Hall–Kier alpha value is -2.67. The van der Waals surface area contributed by atoms with Crippen LogP contribution in [0.25, 0.3) is 11.2 Å². The smallest absolute Gasteiger partial charge is 0.541 e. The van der Waals surface area contributed by atoms with E-state index < -0.39 is 9.04 Å². The first-order valence-corrected chi connectivity index (χ1v) is 9.59. The van der Waals surface area contributed by atoms with Gasteiger partial charge in [-0.1, -0.05) is 6.07 Å². The van der Waals surface area contributed by atoms with E-state index in [1.54, 1.807) is 24.8 Å². The summed E-state index contributed by atoms with van der Waals surface area (Å²) < 4.78 is 5.88. The topological polar surface area (TPSA) is 73.2 Å². The Balaban J connectivity index is 0.00000208. The number of nitrogens with zero attached hydrogens (tertiary/aromatic N) is 5. The number of fused-ring (bicyclic) bond motifs is 1. The summed E-state index contributed by atoms with van der Waals surface area (Å²) in [4.78, 5) is 21.4. The Morgan fingerprint density at radius 1 is 1.17 bits per heavy atom. The monoisotopic (exact) mass is 323 g/mol. The lowest BCUT2D eigenvalue weighted by atomic mass is 10.2. The van der Waals surface area contributed by atoms with Crippen molar-refractivity contribution in [1.82, 2.24) is 19.9 Å². The molecule has 0 saturated heterocycles. The molecule has 1 radical (unpaired) electrons. The summed E-state index contributed by atoms with van der Waals surface area (Å²) in [5.41, 5.74) is 3.11. The average Bonchev–Trinajstić information content (AvgIpc) is 2.54. The molecule has 3 rings (SSSR count). The highest BCUT2D eigenvalue weighted by molar-refractivity contribution is 6.49. The van der Waals surface area contributed by atoms with Crippen LogP contribution in [0, 0.1) is 6.92 Å². The van der Waals surface area contributed by atoms with E-state index in [-0.39, 0.29) is 1.43 Å². The first-order chi connectivity index (χ1) is 11.1. The number of benzene rings is 1. The average molecular weight is 323 g/mol. The molecule has 0 aliphatic carbocycles. The van der Waals surface area contributed by atoms with Crippen LogP contribution in [0.5, 0.6) is 5.75 Å². The van der Waals surface area contributed by atoms with Crippen molar-refractivity contribution in [2.24, 2.45) is 4.99 Å². The molecule has 0 bridgehead atoms. The number of aromatic nitrogens is 4. The molecule has 0 unspecified atom stereocenters.